The molecule has 0 aromatic carbocycles. The fourth-order valence-corrected chi connectivity index (χ4v) is 1.03. The molecule has 0 rings (SSSR count). The van der Waals surface area contributed by atoms with Crippen molar-refractivity contribution in [1.29, 1.82) is 0 Å². The molecular formula is C7H16N2O5. The molecular weight excluding hydrogens is 192 g/mol. The first-order valence-electron chi connectivity index (χ1n) is 4.04. The molecule has 14 heavy (non-hydrogen) atoms. The molecule has 0 saturated heterocycles. The van der Waals surface area contributed by atoms with E-state index in [1.165, 1.54) is 21.3 Å². The minimum absolute atomic E-state index is 0.0600. The zero-order valence-electron chi connectivity index (χ0n) is 8.61. The molecule has 0 saturated carbocycles. The number of nitro groups is 1. The molecule has 0 radical (unpaired) electrons. The second-order valence-electron chi connectivity index (χ2n) is 2.84. The monoisotopic (exact) mass is 208 g/mol. The van der Waals surface area contributed by atoms with Crippen LogP contribution in [0.1, 0.15) is 0 Å². The molecule has 0 unspecified atom stereocenters. The molecule has 0 aromatic heterocycles. The molecule has 7 heteroatoms. The van der Waals surface area contributed by atoms with Crippen LogP contribution in [-0.4, -0.2) is 51.6 Å². The van der Waals surface area contributed by atoms with Gasteiger partial charge in [-0.3, -0.25) is 15.0 Å². The average Bonchev–Trinajstić information content (AvgIpc) is 2.14. The molecule has 0 aromatic rings. The minimum atomic E-state index is -1.35. The summed E-state index contributed by atoms with van der Waals surface area (Å²) in [5.41, 5.74) is 1.02. The molecule has 0 amide bonds. The topological polar surface area (TPSA) is 82.9 Å². The van der Waals surface area contributed by atoms with E-state index < -0.39 is 10.5 Å². The third-order valence-electron chi connectivity index (χ3n) is 1.70. The van der Waals surface area contributed by atoms with E-state index in [2.05, 4.69) is 5.48 Å². The van der Waals surface area contributed by atoms with Gasteiger partial charge in [0.2, 0.25) is 0 Å². The van der Waals surface area contributed by atoms with Gasteiger partial charge in [-0.25, -0.2) is 5.48 Å². The van der Waals surface area contributed by atoms with Crippen LogP contribution in [0.2, 0.25) is 0 Å². The molecule has 0 spiro atoms. The molecule has 7 nitrogen and oxygen atoms in total. The van der Waals surface area contributed by atoms with Gasteiger partial charge in [0, 0.05) is 26.2 Å². The fraction of sp³-hybridized carbons (Fsp3) is 1.00. The molecule has 0 fully saturated rings. The Morgan fingerprint density at radius 3 is 2.07 bits per heavy atom. The summed E-state index contributed by atoms with van der Waals surface area (Å²) in [5.74, 6) is 0. The van der Waals surface area contributed by atoms with Crippen molar-refractivity contribution in [3.05, 3.63) is 10.1 Å². The quantitative estimate of drug-likeness (QED) is 0.425. The van der Waals surface area contributed by atoms with Gasteiger partial charge in [-0.15, -0.1) is 0 Å². The summed E-state index contributed by atoms with van der Waals surface area (Å²) in [4.78, 5) is 15.2. The van der Waals surface area contributed by atoms with Crippen LogP contribution >= 0.6 is 0 Å². The van der Waals surface area contributed by atoms with Gasteiger partial charge in [-0.05, 0) is 0 Å². The van der Waals surface area contributed by atoms with Crippen LogP contribution in [0.4, 0.5) is 0 Å². The predicted molar refractivity (Wildman–Crippen MR) is 48.5 cm³/mol. The number of nitrogens with zero attached hydrogens (tertiary/aromatic N) is 1. The van der Waals surface area contributed by atoms with E-state index in [4.69, 9.17) is 14.3 Å². The van der Waals surface area contributed by atoms with Gasteiger partial charge in [-0.2, -0.15) is 0 Å². The van der Waals surface area contributed by atoms with E-state index in [1.807, 2.05) is 0 Å². The summed E-state index contributed by atoms with van der Waals surface area (Å²) in [6.07, 6.45) is 0. The number of hydroxylamine groups is 1. The van der Waals surface area contributed by atoms with Crippen molar-refractivity contribution in [1.82, 2.24) is 5.48 Å². The van der Waals surface area contributed by atoms with Crippen molar-refractivity contribution >= 4 is 0 Å². The van der Waals surface area contributed by atoms with Gasteiger partial charge in [0.1, 0.15) is 19.8 Å². The van der Waals surface area contributed by atoms with Gasteiger partial charge < -0.3 is 9.47 Å². The Kier molecular flexibility index (Phi) is 6.30. The first kappa shape index (κ1) is 13.2. The lowest BCUT2D eigenvalue weighted by molar-refractivity contribution is -0.583. The third kappa shape index (κ3) is 3.54. The maximum atomic E-state index is 10.8. The SMILES string of the molecule is CNOCC(COC)(COC)[N+](=O)[O-]. The standard InChI is InChI=1S/C7H16N2O5/c1-8-14-6-7(4-12-2,5-13-3)9(10)11/h8H,4-6H2,1-3H3. The highest BCUT2D eigenvalue weighted by Gasteiger charge is 2.44. The predicted octanol–water partition coefficient (Wildman–Crippen LogP) is -0.554. The minimum Gasteiger partial charge on any atom is -0.377 e. The second kappa shape index (κ2) is 6.66. The molecule has 1 N–H and O–H groups in total. The highest BCUT2D eigenvalue weighted by atomic mass is 16.7. The Morgan fingerprint density at radius 2 is 1.79 bits per heavy atom. The van der Waals surface area contributed by atoms with E-state index in [0.717, 1.165) is 0 Å². The number of nitrogens with one attached hydrogen (secondary N) is 1. The molecule has 0 atom stereocenters. The zero-order chi connectivity index (χ0) is 11.0. The highest BCUT2D eigenvalue weighted by Crippen LogP contribution is 2.11. The van der Waals surface area contributed by atoms with Gasteiger partial charge in [0.05, 0.1) is 0 Å². The van der Waals surface area contributed by atoms with Crippen molar-refractivity contribution in [3.63, 3.8) is 0 Å². The molecule has 0 bridgehead atoms. The van der Waals surface area contributed by atoms with E-state index in [9.17, 15) is 10.1 Å². The lowest BCUT2D eigenvalue weighted by atomic mass is 10.1. The van der Waals surface area contributed by atoms with E-state index in [1.54, 1.807) is 0 Å². The molecule has 0 heterocycles. The van der Waals surface area contributed by atoms with E-state index in [-0.39, 0.29) is 19.8 Å². The zero-order valence-corrected chi connectivity index (χ0v) is 8.61. The van der Waals surface area contributed by atoms with Crippen molar-refractivity contribution < 1.29 is 19.2 Å². The van der Waals surface area contributed by atoms with Gasteiger partial charge in [0.15, 0.2) is 0 Å². The third-order valence-corrected chi connectivity index (χ3v) is 1.70. The fourth-order valence-electron chi connectivity index (χ4n) is 1.03. The van der Waals surface area contributed by atoms with Gasteiger partial charge in [0.25, 0.3) is 5.54 Å². The second-order valence-corrected chi connectivity index (χ2v) is 2.84. The van der Waals surface area contributed by atoms with Crippen LogP contribution in [0.25, 0.3) is 0 Å². The average molecular weight is 208 g/mol. The maximum absolute atomic E-state index is 10.8. The first-order chi connectivity index (χ1) is 6.63. The Hall–Kier alpha value is -0.760. The number of hydrogen-bond acceptors (Lipinski definition) is 6. The van der Waals surface area contributed by atoms with E-state index >= 15 is 0 Å². The lowest BCUT2D eigenvalue weighted by Gasteiger charge is -2.22. The number of ether oxygens (including phenoxy) is 2. The Bertz CT molecular complexity index is 169. The van der Waals surface area contributed by atoms with E-state index in [0.29, 0.717) is 0 Å². The smallest absolute Gasteiger partial charge is 0.292 e. The van der Waals surface area contributed by atoms with Crippen LogP contribution in [0.5, 0.6) is 0 Å². The lowest BCUT2D eigenvalue weighted by Crippen LogP contribution is -2.51. The number of methoxy groups -OCH3 is 2. The highest BCUT2D eigenvalue weighted by molar-refractivity contribution is 4.78. The summed E-state index contributed by atoms with van der Waals surface area (Å²) in [5, 5.41) is 10.8. The van der Waals surface area contributed by atoms with Crippen LogP contribution < -0.4 is 5.48 Å². The summed E-state index contributed by atoms with van der Waals surface area (Å²) >= 11 is 0. The molecule has 0 aliphatic rings. The van der Waals surface area contributed by atoms with Crippen LogP contribution in [0.15, 0.2) is 0 Å². The molecule has 0 aliphatic carbocycles. The number of rotatable bonds is 8. The van der Waals surface area contributed by atoms with Crippen LogP contribution in [-0.2, 0) is 14.3 Å². The summed E-state index contributed by atoms with van der Waals surface area (Å²) < 4.78 is 9.58. The van der Waals surface area contributed by atoms with Crippen molar-refractivity contribution in [2.24, 2.45) is 0 Å². The van der Waals surface area contributed by atoms with Gasteiger partial charge in [-0.1, -0.05) is 0 Å². The molecule has 84 valence electrons. The number of hydrogen-bond donors (Lipinski definition) is 1. The maximum Gasteiger partial charge on any atom is 0.292 e. The van der Waals surface area contributed by atoms with Crippen molar-refractivity contribution in [2.45, 2.75) is 5.54 Å². The Balaban J connectivity index is 4.46. The largest absolute Gasteiger partial charge is 0.377 e. The Labute approximate surface area is 82.4 Å². The Morgan fingerprint density at radius 1 is 1.29 bits per heavy atom. The summed E-state index contributed by atoms with van der Waals surface area (Å²) in [6.45, 7) is -0.233. The van der Waals surface area contributed by atoms with Crippen molar-refractivity contribution in [2.75, 3.05) is 41.1 Å². The van der Waals surface area contributed by atoms with Gasteiger partial charge >= 0.3 is 0 Å². The summed E-state index contributed by atoms with van der Waals surface area (Å²) in [7, 11) is 4.32. The summed E-state index contributed by atoms with van der Waals surface area (Å²) in [6, 6.07) is 0. The van der Waals surface area contributed by atoms with Crippen LogP contribution in [0, 0.1) is 10.1 Å². The first-order valence-corrected chi connectivity index (χ1v) is 4.04. The molecule has 0 aliphatic heterocycles. The normalized spacial score (nSPS) is 11.6. The van der Waals surface area contributed by atoms with Crippen molar-refractivity contribution in [3.8, 4) is 0 Å². The van der Waals surface area contributed by atoms with Crippen LogP contribution in [0.3, 0.4) is 0 Å².